The summed E-state index contributed by atoms with van der Waals surface area (Å²) in [5.74, 6) is 3.87. The number of carboxylic acid groups (broad SMARTS) is 2. The fourth-order valence-corrected chi connectivity index (χ4v) is 2.04. The van der Waals surface area contributed by atoms with E-state index in [1.165, 1.54) is 25.7 Å². The normalized spacial score (nSPS) is 12.2. The first-order valence-corrected chi connectivity index (χ1v) is 9.27. The second-order valence-corrected chi connectivity index (χ2v) is 6.46. The first kappa shape index (κ1) is 23.7. The minimum atomic E-state index is -1.83. The predicted molar refractivity (Wildman–Crippen MR) is 103 cm³/mol. The molecule has 0 fully saturated rings. The zero-order valence-corrected chi connectivity index (χ0v) is 16.4. The van der Waals surface area contributed by atoms with Crippen LogP contribution in [-0.2, 0) is 12.8 Å². The number of rotatable bonds is 8. The molecule has 0 spiro atoms. The van der Waals surface area contributed by atoms with Gasteiger partial charge in [-0.05, 0) is 24.7 Å². The molecule has 26 heavy (non-hydrogen) atoms. The van der Waals surface area contributed by atoms with Crippen LogP contribution in [0.3, 0.4) is 0 Å². The quantitative estimate of drug-likeness (QED) is 0.525. The van der Waals surface area contributed by atoms with Crippen LogP contribution in [-0.4, -0.2) is 36.3 Å². The second kappa shape index (κ2) is 15.0. The van der Waals surface area contributed by atoms with Crippen LogP contribution < -0.4 is 0 Å². The molecule has 0 saturated heterocycles. The summed E-state index contributed by atoms with van der Waals surface area (Å²) in [6.07, 6.45) is 12.7. The molecular weight excluding hydrogens is 332 g/mol. The minimum absolute atomic E-state index is 0.820. The Balaban J connectivity index is 0.000000401. The molecular formula is C19H34N4O3. The Bertz CT molecular complexity index is 493. The van der Waals surface area contributed by atoms with Crippen molar-refractivity contribution in [3.05, 3.63) is 36.4 Å². The molecule has 0 radical (unpaired) electrons. The van der Waals surface area contributed by atoms with Gasteiger partial charge >= 0.3 is 6.16 Å². The topological polar surface area (TPSA) is 115 Å². The van der Waals surface area contributed by atoms with Gasteiger partial charge in [0.05, 0.1) is 0 Å². The molecule has 7 heteroatoms. The van der Waals surface area contributed by atoms with Crippen molar-refractivity contribution in [2.24, 2.45) is 11.8 Å². The average molecular weight is 367 g/mol. The van der Waals surface area contributed by atoms with Crippen molar-refractivity contribution in [1.29, 1.82) is 0 Å². The first-order chi connectivity index (χ1) is 12.4. The summed E-state index contributed by atoms with van der Waals surface area (Å²) in [5, 5.41) is 13.9. The van der Waals surface area contributed by atoms with E-state index in [0.29, 0.717) is 0 Å². The molecule has 148 valence electrons. The molecule has 2 heterocycles. The van der Waals surface area contributed by atoms with Gasteiger partial charge in [0.25, 0.3) is 0 Å². The summed E-state index contributed by atoms with van der Waals surface area (Å²) in [6.45, 7) is 9.02. The summed E-state index contributed by atoms with van der Waals surface area (Å²) in [5.41, 5.74) is 0. The summed E-state index contributed by atoms with van der Waals surface area (Å²) < 4.78 is 0. The van der Waals surface area contributed by atoms with Gasteiger partial charge in [0.2, 0.25) is 0 Å². The molecule has 0 aliphatic carbocycles. The maximum Gasteiger partial charge on any atom is 0.503 e. The highest BCUT2D eigenvalue weighted by Gasteiger charge is 2.01. The molecule has 2 atom stereocenters. The number of aryl methyl sites for hydroxylation is 2. The second-order valence-electron chi connectivity index (χ2n) is 6.46. The van der Waals surface area contributed by atoms with E-state index in [2.05, 4.69) is 47.6 Å². The fourth-order valence-electron chi connectivity index (χ4n) is 2.04. The standard InChI is InChI=1S/2C9H16N2.CH2O3/c2*1-3-8(2)4-5-9-10-6-7-11-9;2-1(3)4/h2*6-8H,3-5H2,1-2H3,(H,10,11);(H2,2,3,4). The zero-order valence-electron chi connectivity index (χ0n) is 16.4. The molecule has 0 aliphatic heterocycles. The van der Waals surface area contributed by atoms with Gasteiger partial charge in [-0.15, -0.1) is 0 Å². The third-order valence-electron chi connectivity index (χ3n) is 4.25. The number of aromatic nitrogens is 4. The van der Waals surface area contributed by atoms with E-state index in [1.54, 1.807) is 0 Å². The summed E-state index contributed by atoms with van der Waals surface area (Å²) >= 11 is 0. The van der Waals surface area contributed by atoms with E-state index in [4.69, 9.17) is 15.0 Å². The number of nitrogens with one attached hydrogen (secondary N) is 2. The van der Waals surface area contributed by atoms with Gasteiger partial charge in [0.1, 0.15) is 11.6 Å². The number of carbonyl (C=O) groups is 1. The van der Waals surface area contributed by atoms with Crippen molar-refractivity contribution in [3.8, 4) is 0 Å². The number of aromatic amines is 2. The highest BCUT2D eigenvalue weighted by molar-refractivity contribution is 5.53. The van der Waals surface area contributed by atoms with Crippen LogP contribution in [0.25, 0.3) is 0 Å². The predicted octanol–water partition coefficient (Wildman–Crippen LogP) is 5.00. The monoisotopic (exact) mass is 366 g/mol. The van der Waals surface area contributed by atoms with Crippen molar-refractivity contribution in [2.45, 2.75) is 66.2 Å². The van der Waals surface area contributed by atoms with Gasteiger partial charge in [0.15, 0.2) is 0 Å². The Kier molecular flexibility index (Phi) is 13.7. The Morgan fingerprint density at radius 3 is 1.50 bits per heavy atom. The van der Waals surface area contributed by atoms with Crippen LogP contribution in [0.4, 0.5) is 4.79 Å². The Labute approximate surface area is 156 Å². The smallest absolute Gasteiger partial charge is 0.450 e. The Morgan fingerprint density at radius 2 is 1.27 bits per heavy atom. The molecule has 0 amide bonds. The fraction of sp³-hybridized carbons (Fsp3) is 0.632. The first-order valence-electron chi connectivity index (χ1n) is 9.27. The molecule has 4 N–H and O–H groups in total. The zero-order chi connectivity index (χ0) is 19.8. The van der Waals surface area contributed by atoms with Crippen LogP contribution >= 0.6 is 0 Å². The number of hydrogen-bond donors (Lipinski definition) is 4. The summed E-state index contributed by atoms with van der Waals surface area (Å²) in [7, 11) is 0. The Hall–Kier alpha value is -2.31. The van der Waals surface area contributed by atoms with E-state index in [9.17, 15) is 0 Å². The molecule has 0 aliphatic rings. The van der Waals surface area contributed by atoms with Gasteiger partial charge in [-0.25, -0.2) is 14.8 Å². The number of hydrogen-bond acceptors (Lipinski definition) is 3. The number of nitrogens with zero attached hydrogens (tertiary/aromatic N) is 2. The lowest BCUT2D eigenvalue weighted by Crippen LogP contribution is -1.96. The highest BCUT2D eigenvalue weighted by Crippen LogP contribution is 2.09. The van der Waals surface area contributed by atoms with E-state index in [0.717, 1.165) is 36.3 Å². The third-order valence-corrected chi connectivity index (χ3v) is 4.25. The van der Waals surface area contributed by atoms with E-state index in [1.807, 2.05) is 24.8 Å². The molecule has 2 aromatic heterocycles. The van der Waals surface area contributed by atoms with Crippen molar-refractivity contribution in [2.75, 3.05) is 0 Å². The lowest BCUT2D eigenvalue weighted by molar-refractivity contribution is 0.137. The minimum Gasteiger partial charge on any atom is -0.450 e. The maximum atomic E-state index is 8.56. The number of H-pyrrole nitrogens is 2. The highest BCUT2D eigenvalue weighted by atomic mass is 16.6. The van der Waals surface area contributed by atoms with Crippen molar-refractivity contribution in [1.82, 2.24) is 19.9 Å². The SMILES string of the molecule is CCC(C)CCc1ncc[nH]1.CCC(C)CCc1ncc[nH]1.O=C(O)O. The van der Waals surface area contributed by atoms with Gasteiger partial charge in [0, 0.05) is 37.6 Å². The van der Waals surface area contributed by atoms with Crippen LogP contribution in [0.15, 0.2) is 24.8 Å². The number of imidazole rings is 2. The van der Waals surface area contributed by atoms with Crippen molar-refractivity contribution >= 4 is 6.16 Å². The van der Waals surface area contributed by atoms with Crippen LogP contribution in [0.5, 0.6) is 0 Å². The third kappa shape index (κ3) is 14.1. The van der Waals surface area contributed by atoms with E-state index >= 15 is 0 Å². The molecule has 2 unspecified atom stereocenters. The van der Waals surface area contributed by atoms with Gasteiger partial charge in [-0.3, -0.25) is 0 Å². The van der Waals surface area contributed by atoms with E-state index < -0.39 is 6.16 Å². The lowest BCUT2D eigenvalue weighted by atomic mass is 10.0. The average Bonchev–Trinajstić information content (AvgIpc) is 3.31. The maximum absolute atomic E-state index is 8.56. The molecule has 2 aromatic rings. The molecule has 0 aromatic carbocycles. The summed E-state index contributed by atoms with van der Waals surface area (Å²) in [6, 6.07) is 0. The molecule has 0 bridgehead atoms. The van der Waals surface area contributed by atoms with Crippen molar-refractivity contribution < 1.29 is 15.0 Å². The van der Waals surface area contributed by atoms with E-state index in [-0.39, 0.29) is 0 Å². The van der Waals surface area contributed by atoms with Gasteiger partial charge < -0.3 is 20.2 Å². The van der Waals surface area contributed by atoms with Crippen LogP contribution in [0, 0.1) is 11.8 Å². The van der Waals surface area contributed by atoms with Crippen LogP contribution in [0.2, 0.25) is 0 Å². The lowest BCUT2D eigenvalue weighted by Gasteiger charge is -2.04. The van der Waals surface area contributed by atoms with Crippen LogP contribution in [0.1, 0.15) is 65.0 Å². The molecule has 2 rings (SSSR count). The van der Waals surface area contributed by atoms with Gasteiger partial charge in [-0.2, -0.15) is 0 Å². The summed E-state index contributed by atoms with van der Waals surface area (Å²) in [4.78, 5) is 23.1. The molecule has 0 saturated carbocycles. The largest absolute Gasteiger partial charge is 0.503 e. The Morgan fingerprint density at radius 1 is 0.923 bits per heavy atom. The van der Waals surface area contributed by atoms with Gasteiger partial charge in [-0.1, -0.05) is 40.5 Å². The molecule has 7 nitrogen and oxygen atoms in total. The van der Waals surface area contributed by atoms with Crippen molar-refractivity contribution in [3.63, 3.8) is 0 Å².